The van der Waals surface area contributed by atoms with Crippen LogP contribution >= 0.6 is 0 Å². The molecule has 82 valence electrons. The molecule has 0 radical (unpaired) electrons. The normalized spacial score (nSPS) is 26.5. The van der Waals surface area contributed by atoms with E-state index < -0.39 is 0 Å². The van der Waals surface area contributed by atoms with Crippen molar-refractivity contribution in [2.75, 3.05) is 0 Å². The van der Waals surface area contributed by atoms with Crippen molar-refractivity contribution in [1.82, 2.24) is 0 Å². The average molecular weight is 203 g/mol. The minimum atomic E-state index is 0.453. The van der Waals surface area contributed by atoms with Gasteiger partial charge in [0, 0.05) is 6.04 Å². The Hall–Kier alpha value is -0.820. The van der Waals surface area contributed by atoms with E-state index in [1.807, 2.05) is 0 Å². The molecule has 1 nitrogen and oxygen atoms in total. The quantitative estimate of drug-likeness (QED) is 0.785. The monoisotopic (exact) mass is 203 g/mol. The zero-order valence-electron chi connectivity index (χ0n) is 9.58. The molecule has 1 aromatic carbocycles. The average Bonchev–Trinajstić information content (AvgIpc) is 2.22. The van der Waals surface area contributed by atoms with Crippen LogP contribution < -0.4 is 5.73 Å². The van der Waals surface area contributed by atoms with Gasteiger partial charge in [-0.1, -0.05) is 42.7 Å². The van der Waals surface area contributed by atoms with Gasteiger partial charge in [-0.15, -0.1) is 0 Å². The van der Waals surface area contributed by atoms with Crippen LogP contribution in [0.5, 0.6) is 0 Å². The highest BCUT2D eigenvalue weighted by Gasteiger charge is 2.19. The zero-order chi connectivity index (χ0) is 10.7. The Morgan fingerprint density at radius 3 is 2.60 bits per heavy atom. The number of benzene rings is 1. The van der Waals surface area contributed by atoms with Crippen LogP contribution in [0.2, 0.25) is 0 Å². The first-order valence-electron chi connectivity index (χ1n) is 6.05. The summed E-state index contributed by atoms with van der Waals surface area (Å²) in [4.78, 5) is 0. The number of rotatable bonds is 2. The molecule has 0 aromatic heterocycles. The fourth-order valence-corrected chi connectivity index (χ4v) is 2.58. The molecule has 0 saturated heterocycles. The van der Waals surface area contributed by atoms with Gasteiger partial charge in [0.25, 0.3) is 0 Å². The van der Waals surface area contributed by atoms with Crippen molar-refractivity contribution >= 4 is 0 Å². The van der Waals surface area contributed by atoms with Crippen molar-refractivity contribution in [2.24, 2.45) is 11.7 Å². The summed E-state index contributed by atoms with van der Waals surface area (Å²) in [5.41, 5.74) is 8.82. The van der Waals surface area contributed by atoms with Crippen molar-refractivity contribution in [3.8, 4) is 0 Å². The highest BCUT2D eigenvalue weighted by atomic mass is 14.6. The Morgan fingerprint density at radius 2 is 1.93 bits per heavy atom. The first-order valence-corrected chi connectivity index (χ1v) is 6.05. The second kappa shape index (κ2) is 4.80. The molecule has 0 aliphatic heterocycles. The summed E-state index contributed by atoms with van der Waals surface area (Å²) < 4.78 is 0. The number of hydrogen-bond acceptors (Lipinski definition) is 1. The smallest absolute Gasteiger partial charge is 0.00415 e. The van der Waals surface area contributed by atoms with Gasteiger partial charge >= 0.3 is 0 Å². The molecule has 1 fully saturated rings. The summed E-state index contributed by atoms with van der Waals surface area (Å²) in [7, 11) is 0. The minimum absolute atomic E-state index is 0.453. The van der Waals surface area contributed by atoms with Gasteiger partial charge in [0.2, 0.25) is 0 Å². The minimum Gasteiger partial charge on any atom is -0.328 e. The lowest BCUT2D eigenvalue weighted by molar-refractivity contribution is 0.321. The Bertz CT molecular complexity index is 302. The predicted octanol–water partition coefficient (Wildman–Crippen LogP) is 3.06. The van der Waals surface area contributed by atoms with E-state index in [9.17, 15) is 0 Å². The molecule has 2 rings (SSSR count). The molecule has 0 bridgehead atoms. The molecule has 15 heavy (non-hydrogen) atoms. The second-order valence-electron chi connectivity index (χ2n) is 4.98. The second-order valence-corrected chi connectivity index (χ2v) is 4.98. The van der Waals surface area contributed by atoms with Crippen LogP contribution in [0.4, 0.5) is 0 Å². The zero-order valence-corrected chi connectivity index (χ0v) is 9.58. The van der Waals surface area contributed by atoms with Crippen LogP contribution in [0, 0.1) is 12.8 Å². The molecule has 0 heterocycles. The van der Waals surface area contributed by atoms with Crippen LogP contribution in [0.25, 0.3) is 0 Å². The van der Waals surface area contributed by atoms with E-state index in [1.54, 1.807) is 0 Å². The third-order valence-electron chi connectivity index (χ3n) is 3.47. The third kappa shape index (κ3) is 3.07. The van der Waals surface area contributed by atoms with Gasteiger partial charge in [-0.3, -0.25) is 0 Å². The maximum Gasteiger partial charge on any atom is 0.00415 e. The molecule has 2 atom stereocenters. The molecule has 1 aliphatic carbocycles. The van der Waals surface area contributed by atoms with Gasteiger partial charge in [-0.2, -0.15) is 0 Å². The molecule has 1 aliphatic rings. The SMILES string of the molecule is Cc1ccc(CC2CCCC(N)C2)cc1. The van der Waals surface area contributed by atoms with Crippen LogP contribution in [-0.4, -0.2) is 6.04 Å². The first kappa shape index (κ1) is 10.7. The lowest BCUT2D eigenvalue weighted by Gasteiger charge is -2.26. The molecule has 1 heteroatoms. The van der Waals surface area contributed by atoms with E-state index in [4.69, 9.17) is 5.73 Å². The fraction of sp³-hybridized carbons (Fsp3) is 0.571. The van der Waals surface area contributed by atoms with Gasteiger partial charge in [0.05, 0.1) is 0 Å². The van der Waals surface area contributed by atoms with E-state index in [2.05, 4.69) is 31.2 Å². The third-order valence-corrected chi connectivity index (χ3v) is 3.47. The molecular formula is C14H21N. The van der Waals surface area contributed by atoms with E-state index in [1.165, 1.54) is 43.2 Å². The van der Waals surface area contributed by atoms with Crippen molar-refractivity contribution in [3.63, 3.8) is 0 Å². The summed E-state index contributed by atoms with van der Waals surface area (Å²) >= 11 is 0. The highest BCUT2D eigenvalue weighted by molar-refractivity contribution is 5.21. The van der Waals surface area contributed by atoms with E-state index >= 15 is 0 Å². The van der Waals surface area contributed by atoms with Crippen molar-refractivity contribution in [1.29, 1.82) is 0 Å². The number of nitrogens with two attached hydrogens (primary N) is 1. The van der Waals surface area contributed by atoms with E-state index in [-0.39, 0.29) is 0 Å². The summed E-state index contributed by atoms with van der Waals surface area (Å²) in [6.07, 6.45) is 6.34. The summed E-state index contributed by atoms with van der Waals surface area (Å²) in [5, 5.41) is 0. The predicted molar refractivity (Wildman–Crippen MR) is 64.8 cm³/mol. The lowest BCUT2D eigenvalue weighted by Crippen LogP contribution is -2.28. The van der Waals surface area contributed by atoms with Gasteiger partial charge in [0.1, 0.15) is 0 Å². The highest BCUT2D eigenvalue weighted by Crippen LogP contribution is 2.26. The van der Waals surface area contributed by atoms with Crippen LogP contribution in [0.15, 0.2) is 24.3 Å². The largest absolute Gasteiger partial charge is 0.328 e. The molecule has 0 amide bonds. The molecule has 1 aromatic rings. The lowest BCUT2D eigenvalue weighted by atomic mass is 9.82. The van der Waals surface area contributed by atoms with Crippen molar-refractivity contribution in [2.45, 2.75) is 45.1 Å². The maximum absolute atomic E-state index is 6.00. The van der Waals surface area contributed by atoms with Crippen molar-refractivity contribution in [3.05, 3.63) is 35.4 Å². The Morgan fingerprint density at radius 1 is 1.20 bits per heavy atom. The van der Waals surface area contributed by atoms with E-state index in [0.29, 0.717) is 6.04 Å². The van der Waals surface area contributed by atoms with Gasteiger partial charge < -0.3 is 5.73 Å². The summed E-state index contributed by atoms with van der Waals surface area (Å²) in [5.74, 6) is 0.816. The standard InChI is InChI=1S/C14H21N/c1-11-5-7-12(8-6-11)9-13-3-2-4-14(15)10-13/h5-8,13-14H,2-4,9-10,15H2,1H3. The molecular weight excluding hydrogens is 182 g/mol. The van der Waals surface area contributed by atoms with Gasteiger partial charge in [-0.25, -0.2) is 0 Å². The Kier molecular flexibility index (Phi) is 3.42. The maximum atomic E-state index is 6.00. The topological polar surface area (TPSA) is 26.0 Å². The Balaban J connectivity index is 1.93. The van der Waals surface area contributed by atoms with Crippen LogP contribution in [0.1, 0.15) is 36.8 Å². The molecule has 0 spiro atoms. The summed E-state index contributed by atoms with van der Waals surface area (Å²) in [6, 6.07) is 9.38. The first-order chi connectivity index (χ1) is 7.24. The van der Waals surface area contributed by atoms with Crippen LogP contribution in [-0.2, 0) is 6.42 Å². The van der Waals surface area contributed by atoms with Gasteiger partial charge in [0.15, 0.2) is 0 Å². The van der Waals surface area contributed by atoms with Crippen LogP contribution in [0.3, 0.4) is 0 Å². The molecule has 1 saturated carbocycles. The van der Waals surface area contributed by atoms with E-state index in [0.717, 1.165) is 5.92 Å². The fourth-order valence-electron chi connectivity index (χ4n) is 2.58. The molecule has 2 unspecified atom stereocenters. The number of hydrogen-bond donors (Lipinski definition) is 1. The number of aryl methyl sites for hydroxylation is 1. The molecule has 2 N–H and O–H groups in total. The van der Waals surface area contributed by atoms with Gasteiger partial charge in [-0.05, 0) is 37.7 Å². The van der Waals surface area contributed by atoms with Crippen molar-refractivity contribution < 1.29 is 0 Å². The summed E-state index contributed by atoms with van der Waals surface area (Å²) in [6.45, 7) is 2.14. The Labute approximate surface area is 92.7 Å².